The van der Waals surface area contributed by atoms with E-state index in [0.717, 1.165) is 21.7 Å². The summed E-state index contributed by atoms with van der Waals surface area (Å²) in [5, 5.41) is 8.21. The quantitative estimate of drug-likeness (QED) is 0.375. The second kappa shape index (κ2) is 10.3. The molecule has 3 aromatic carbocycles. The normalized spacial score (nSPS) is 10.7. The van der Waals surface area contributed by atoms with Crippen LogP contribution >= 0.6 is 23.4 Å². The van der Waals surface area contributed by atoms with E-state index in [2.05, 4.69) is 15.4 Å². The van der Waals surface area contributed by atoms with Crippen LogP contribution in [0.1, 0.15) is 17.5 Å². The molecular weight excluding hydrogens is 428 g/mol. The first kappa shape index (κ1) is 21.2. The van der Waals surface area contributed by atoms with Gasteiger partial charge in [-0.2, -0.15) is 4.98 Å². The molecule has 0 spiro atoms. The summed E-state index contributed by atoms with van der Waals surface area (Å²) >= 11 is 7.52. The number of rotatable bonds is 8. The number of aryl methyl sites for hydroxylation is 1. The van der Waals surface area contributed by atoms with Crippen molar-refractivity contribution in [2.45, 2.75) is 29.4 Å². The highest BCUT2D eigenvalue weighted by molar-refractivity contribution is 7.99. The van der Waals surface area contributed by atoms with Gasteiger partial charge < -0.3 is 5.32 Å². The lowest BCUT2D eigenvalue weighted by molar-refractivity contribution is -0.116. The van der Waals surface area contributed by atoms with Crippen molar-refractivity contribution in [1.29, 1.82) is 0 Å². The molecule has 7 heteroatoms. The first-order valence-corrected chi connectivity index (χ1v) is 11.1. The van der Waals surface area contributed by atoms with Crippen molar-refractivity contribution in [3.63, 3.8) is 0 Å². The average Bonchev–Trinajstić information content (AvgIpc) is 3.13. The highest BCUT2D eigenvalue weighted by Gasteiger charge is 2.14. The van der Waals surface area contributed by atoms with E-state index in [1.165, 1.54) is 11.8 Å². The molecule has 0 radical (unpaired) electrons. The van der Waals surface area contributed by atoms with Crippen LogP contribution in [-0.2, 0) is 17.8 Å². The molecule has 1 aromatic heterocycles. The number of carbonyl (C=O) groups is 1. The Hall–Kier alpha value is -3.09. The van der Waals surface area contributed by atoms with Gasteiger partial charge in [0.05, 0.1) is 12.2 Å². The van der Waals surface area contributed by atoms with Crippen LogP contribution in [0, 0.1) is 0 Å². The smallest absolute Gasteiger partial charge is 0.243 e. The first-order valence-electron chi connectivity index (χ1n) is 9.92. The monoisotopic (exact) mass is 448 g/mol. The maximum absolute atomic E-state index is 12.5. The number of benzene rings is 3. The van der Waals surface area contributed by atoms with Crippen LogP contribution in [0.5, 0.6) is 0 Å². The van der Waals surface area contributed by atoms with Gasteiger partial charge in [0.25, 0.3) is 0 Å². The maximum atomic E-state index is 12.5. The molecule has 4 rings (SSSR count). The Labute approximate surface area is 190 Å². The lowest BCUT2D eigenvalue weighted by atomic mass is 10.1. The van der Waals surface area contributed by atoms with E-state index in [-0.39, 0.29) is 11.2 Å². The fourth-order valence-corrected chi connectivity index (χ4v) is 4.25. The standard InChI is InChI=1S/C24H21ClN4OS/c25-23-27-24(29(28-23)17-19-11-5-2-6-12-19)31-21-14-8-7-13-20(21)26-22(30)16-15-18-9-3-1-4-10-18/h1-14H,15-17H2,(H,26,30). The molecule has 5 nitrogen and oxygen atoms in total. The van der Waals surface area contributed by atoms with E-state index in [1.54, 1.807) is 4.68 Å². The Bertz CT molecular complexity index is 1150. The second-order valence-corrected chi connectivity index (χ2v) is 8.29. The molecule has 0 fully saturated rings. The van der Waals surface area contributed by atoms with E-state index in [1.807, 2.05) is 84.9 Å². The minimum atomic E-state index is -0.0271. The Morgan fingerprint density at radius 3 is 2.29 bits per heavy atom. The second-order valence-electron chi connectivity index (χ2n) is 6.94. The number of anilines is 1. The summed E-state index contributed by atoms with van der Waals surface area (Å²) < 4.78 is 1.77. The number of carbonyl (C=O) groups excluding carboxylic acids is 1. The van der Waals surface area contributed by atoms with E-state index < -0.39 is 0 Å². The number of amides is 1. The Kier molecular flexibility index (Phi) is 7.02. The molecule has 156 valence electrons. The number of halogens is 1. The lowest BCUT2D eigenvalue weighted by Gasteiger charge is -2.11. The molecule has 4 aromatic rings. The fourth-order valence-electron chi connectivity index (χ4n) is 3.11. The molecule has 0 aliphatic heterocycles. The van der Waals surface area contributed by atoms with Gasteiger partial charge in [-0.05, 0) is 53.0 Å². The molecule has 0 atom stereocenters. The fraction of sp³-hybridized carbons (Fsp3) is 0.125. The molecule has 0 aliphatic carbocycles. The molecule has 0 unspecified atom stereocenters. The van der Waals surface area contributed by atoms with Crippen LogP contribution in [0.3, 0.4) is 0 Å². The zero-order valence-electron chi connectivity index (χ0n) is 16.7. The van der Waals surface area contributed by atoms with Crippen molar-refractivity contribution < 1.29 is 4.79 Å². The maximum Gasteiger partial charge on any atom is 0.243 e. The SMILES string of the molecule is O=C(CCc1ccccc1)Nc1ccccc1Sc1nc(Cl)nn1Cc1ccccc1. The summed E-state index contributed by atoms with van der Waals surface area (Å²) in [6, 6.07) is 27.7. The zero-order chi connectivity index (χ0) is 21.5. The van der Waals surface area contributed by atoms with Crippen molar-refractivity contribution in [3.05, 3.63) is 101 Å². The van der Waals surface area contributed by atoms with Crippen molar-refractivity contribution in [1.82, 2.24) is 14.8 Å². The summed E-state index contributed by atoms with van der Waals surface area (Å²) in [4.78, 5) is 17.8. The largest absolute Gasteiger partial charge is 0.325 e. The van der Waals surface area contributed by atoms with Crippen LogP contribution < -0.4 is 5.32 Å². The van der Waals surface area contributed by atoms with Gasteiger partial charge in [-0.3, -0.25) is 4.79 Å². The van der Waals surface area contributed by atoms with Crippen molar-refractivity contribution in [2.75, 3.05) is 5.32 Å². The van der Waals surface area contributed by atoms with Gasteiger partial charge in [0, 0.05) is 11.3 Å². The summed E-state index contributed by atoms with van der Waals surface area (Å²) in [5.74, 6) is -0.0271. The highest BCUT2D eigenvalue weighted by Crippen LogP contribution is 2.33. The number of aromatic nitrogens is 3. The molecular formula is C24H21ClN4OS. The number of nitrogens with zero attached hydrogens (tertiary/aromatic N) is 3. The predicted molar refractivity (Wildman–Crippen MR) is 125 cm³/mol. The van der Waals surface area contributed by atoms with Gasteiger partial charge in [0.1, 0.15) is 0 Å². The van der Waals surface area contributed by atoms with Crippen molar-refractivity contribution in [2.24, 2.45) is 0 Å². The molecule has 1 heterocycles. The number of hydrogen-bond acceptors (Lipinski definition) is 4. The number of para-hydroxylation sites is 1. The number of hydrogen-bond donors (Lipinski definition) is 1. The topological polar surface area (TPSA) is 59.8 Å². The van der Waals surface area contributed by atoms with E-state index >= 15 is 0 Å². The molecule has 0 bridgehead atoms. The molecule has 1 N–H and O–H groups in total. The summed E-state index contributed by atoms with van der Waals surface area (Å²) in [6.45, 7) is 0.564. The van der Waals surface area contributed by atoms with Gasteiger partial charge >= 0.3 is 0 Å². The van der Waals surface area contributed by atoms with Crippen LogP contribution in [0.2, 0.25) is 5.28 Å². The lowest BCUT2D eigenvalue weighted by Crippen LogP contribution is -2.13. The van der Waals surface area contributed by atoms with Gasteiger partial charge in [0.2, 0.25) is 11.2 Å². The number of nitrogens with one attached hydrogen (secondary N) is 1. The Balaban J connectivity index is 1.46. The van der Waals surface area contributed by atoms with Crippen LogP contribution in [0.25, 0.3) is 0 Å². The van der Waals surface area contributed by atoms with Gasteiger partial charge in [-0.25, -0.2) is 4.68 Å². The summed E-state index contributed by atoms with van der Waals surface area (Å²) in [6.07, 6.45) is 1.11. The summed E-state index contributed by atoms with van der Waals surface area (Å²) in [7, 11) is 0. The van der Waals surface area contributed by atoms with Gasteiger partial charge in [0.15, 0.2) is 5.16 Å². The molecule has 1 amide bonds. The molecule has 0 saturated carbocycles. The van der Waals surface area contributed by atoms with Gasteiger partial charge in [-0.1, -0.05) is 72.8 Å². The van der Waals surface area contributed by atoms with Crippen LogP contribution in [-0.4, -0.2) is 20.7 Å². The van der Waals surface area contributed by atoms with Crippen molar-refractivity contribution in [3.8, 4) is 0 Å². The third-order valence-electron chi connectivity index (χ3n) is 4.63. The molecule has 0 saturated heterocycles. The molecule has 0 aliphatic rings. The molecule has 31 heavy (non-hydrogen) atoms. The third-order valence-corrected chi connectivity index (χ3v) is 5.85. The minimum Gasteiger partial charge on any atom is -0.325 e. The summed E-state index contributed by atoms with van der Waals surface area (Å²) in [5.41, 5.74) is 2.99. The predicted octanol–water partition coefficient (Wildman–Crippen LogP) is 5.70. The zero-order valence-corrected chi connectivity index (χ0v) is 18.3. The first-order chi connectivity index (χ1) is 15.2. The van der Waals surface area contributed by atoms with Crippen LogP contribution in [0.15, 0.2) is 95.0 Å². The van der Waals surface area contributed by atoms with E-state index in [0.29, 0.717) is 24.5 Å². The highest BCUT2D eigenvalue weighted by atomic mass is 35.5. The Morgan fingerprint density at radius 1 is 0.903 bits per heavy atom. The third kappa shape index (κ3) is 5.96. The van der Waals surface area contributed by atoms with Gasteiger partial charge in [-0.15, -0.1) is 5.10 Å². The minimum absolute atomic E-state index is 0.0271. The van der Waals surface area contributed by atoms with E-state index in [4.69, 9.17) is 11.6 Å². The van der Waals surface area contributed by atoms with Crippen LogP contribution in [0.4, 0.5) is 5.69 Å². The Morgan fingerprint density at radius 2 is 1.55 bits per heavy atom. The van der Waals surface area contributed by atoms with Crippen molar-refractivity contribution >= 4 is 35.0 Å². The van der Waals surface area contributed by atoms with E-state index in [9.17, 15) is 4.79 Å². The average molecular weight is 449 g/mol.